The summed E-state index contributed by atoms with van der Waals surface area (Å²) in [4.78, 5) is 21.1. The van der Waals surface area contributed by atoms with Crippen molar-refractivity contribution in [2.24, 2.45) is 5.73 Å². The van der Waals surface area contributed by atoms with Gasteiger partial charge in [-0.15, -0.1) is 22.7 Å². The molecule has 1 unspecified atom stereocenters. The molecule has 0 aliphatic rings. The molecular formula is C16H18N4OS2. The number of para-hydroxylation sites is 1. The van der Waals surface area contributed by atoms with Gasteiger partial charge >= 0.3 is 0 Å². The van der Waals surface area contributed by atoms with Crippen molar-refractivity contribution in [3.05, 3.63) is 45.4 Å². The molecule has 0 fully saturated rings. The van der Waals surface area contributed by atoms with E-state index in [1.54, 1.807) is 16.7 Å². The third-order valence-electron chi connectivity index (χ3n) is 3.34. The summed E-state index contributed by atoms with van der Waals surface area (Å²) in [6.45, 7) is 2.53. The van der Waals surface area contributed by atoms with Gasteiger partial charge in [-0.05, 0) is 25.6 Å². The number of rotatable bonds is 6. The van der Waals surface area contributed by atoms with Crippen LogP contribution in [0.3, 0.4) is 0 Å². The number of nitrogens with one attached hydrogen (secondary N) is 1. The summed E-state index contributed by atoms with van der Waals surface area (Å²) in [5.41, 5.74) is 6.98. The predicted molar refractivity (Wildman–Crippen MR) is 95.1 cm³/mol. The van der Waals surface area contributed by atoms with Crippen LogP contribution in [0.2, 0.25) is 0 Å². The molecule has 1 amide bonds. The molecule has 7 heteroatoms. The van der Waals surface area contributed by atoms with Crippen molar-refractivity contribution in [1.29, 1.82) is 0 Å². The maximum Gasteiger partial charge on any atom is 0.270 e. The van der Waals surface area contributed by atoms with Gasteiger partial charge in [0, 0.05) is 24.3 Å². The fourth-order valence-corrected chi connectivity index (χ4v) is 4.16. The normalized spacial score (nSPS) is 12.4. The Labute approximate surface area is 142 Å². The number of fused-ring (bicyclic) bond motifs is 1. The molecule has 5 nitrogen and oxygen atoms in total. The quantitative estimate of drug-likeness (QED) is 0.719. The molecule has 2 heterocycles. The van der Waals surface area contributed by atoms with Crippen LogP contribution in [-0.2, 0) is 12.8 Å². The van der Waals surface area contributed by atoms with Crippen molar-refractivity contribution in [2.45, 2.75) is 25.8 Å². The van der Waals surface area contributed by atoms with E-state index in [-0.39, 0.29) is 11.9 Å². The van der Waals surface area contributed by atoms with E-state index < -0.39 is 0 Å². The largest absolute Gasteiger partial charge is 0.348 e. The molecule has 1 aromatic carbocycles. The SMILES string of the molecule is CC(Cc1nc2ccccc2s1)NC(=O)c1csc(CCN)n1. The second-order valence-electron chi connectivity index (χ2n) is 5.32. The number of benzene rings is 1. The fourth-order valence-electron chi connectivity index (χ4n) is 2.27. The molecule has 1 atom stereocenters. The summed E-state index contributed by atoms with van der Waals surface area (Å²) in [7, 11) is 0. The lowest BCUT2D eigenvalue weighted by molar-refractivity contribution is 0.0935. The fraction of sp³-hybridized carbons (Fsp3) is 0.312. The Bertz CT molecular complexity index is 778. The smallest absolute Gasteiger partial charge is 0.270 e. The van der Waals surface area contributed by atoms with E-state index in [9.17, 15) is 4.79 Å². The van der Waals surface area contributed by atoms with Gasteiger partial charge in [-0.1, -0.05) is 12.1 Å². The van der Waals surface area contributed by atoms with Gasteiger partial charge in [0.25, 0.3) is 5.91 Å². The average Bonchev–Trinajstić information content (AvgIpc) is 3.13. The van der Waals surface area contributed by atoms with Crippen LogP contribution in [0.25, 0.3) is 10.2 Å². The number of hydrogen-bond donors (Lipinski definition) is 2. The number of aromatic nitrogens is 2. The van der Waals surface area contributed by atoms with Gasteiger partial charge in [0.2, 0.25) is 0 Å². The third kappa shape index (κ3) is 3.93. The lowest BCUT2D eigenvalue weighted by Gasteiger charge is -2.11. The van der Waals surface area contributed by atoms with Crippen LogP contribution in [0.1, 0.15) is 27.4 Å². The van der Waals surface area contributed by atoms with Crippen LogP contribution in [0, 0.1) is 0 Å². The van der Waals surface area contributed by atoms with Gasteiger partial charge in [0.1, 0.15) is 5.69 Å². The molecule has 0 bridgehead atoms. The summed E-state index contributed by atoms with van der Waals surface area (Å²) in [5.74, 6) is -0.141. The minimum absolute atomic E-state index is 0.00252. The second-order valence-corrected chi connectivity index (χ2v) is 7.38. The first-order chi connectivity index (χ1) is 11.2. The highest BCUT2D eigenvalue weighted by Gasteiger charge is 2.15. The highest BCUT2D eigenvalue weighted by Crippen LogP contribution is 2.22. The summed E-state index contributed by atoms with van der Waals surface area (Å²) < 4.78 is 1.17. The third-order valence-corrected chi connectivity index (χ3v) is 5.31. The van der Waals surface area contributed by atoms with Crippen molar-refractivity contribution in [3.63, 3.8) is 0 Å². The van der Waals surface area contributed by atoms with Crippen molar-refractivity contribution in [1.82, 2.24) is 15.3 Å². The van der Waals surface area contributed by atoms with Crippen LogP contribution in [0.5, 0.6) is 0 Å². The number of hydrogen-bond acceptors (Lipinski definition) is 6. The first-order valence-corrected chi connectivity index (χ1v) is 9.15. The highest BCUT2D eigenvalue weighted by atomic mass is 32.1. The van der Waals surface area contributed by atoms with Crippen molar-refractivity contribution in [2.75, 3.05) is 6.54 Å². The molecule has 0 aliphatic heterocycles. The molecule has 3 N–H and O–H groups in total. The van der Waals surface area contributed by atoms with E-state index in [4.69, 9.17) is 5.73 Å². The Hall–Kier alpha value is -1.83. The van der Waals surface area contributed by atoms with Crippen LogP contribution >= 0.6 is 22.7 Å². The van der Waals surface area contributed by atoms with E-state index in [0.29, 0.717) is 25.1 Å². The summed E-state index contributed by atoms with van der Waals surface area (Å²) in [5, 5.41) is 6.70. The van der Waals surface area contributed by atoms with Crippen LogP contribution in [0.4, 0.5) is 0 Å². The number of nitrogens with two attached hydrogens (primary N) is 1. The lowest BCUT2D eigenvalue weighted by Crippen LogP contribution is -2.34. The Morgan fingerprint density at radius 1 is 1.30 bits per heavy atom. The minimum Gasteiger partial charge on any atom is -0.348 e. The first-order valence-electron chi connectivity index (χ1n) is 7.45. The Morgan fingerprint density at radius 2 is 2.13 bits per heavy atom. The van der Waals surface area contributed by atoms with E-state index >= 15 is 0 Å². The zero-order valence-electron chi connectivity index (χ0n) is 12.8. The number of carbonyl (C=O) groups excluding carboxylic acids is 1. The molecule has 0 saturated carbocycles. The molecule has 0 radical (unpaired) electrons. The standard InChI is InChI=1S/C16H18N4OS2/c1-10(8-15-19-11-4-2-3-5-13(11)23-15)18-16(21)12-9-22-14(20-12)6-7-17/h2-5,9-10H,6-8,17H2,1H3,(H,18,21). The topological polar surface area (TPSA) is 80.9 Å². The predicted octanol–water partition coefficient (Wildman–Crippen LogP) is 2.62. The van der Waals surface area contributed by atoms with Gasteiger partial charge in [-0.3, -0.25) is 4.79 Å². The maximum absolute atomic E-state index is 12.2. The van der Waals surface area contributed by atoms with Gasteiger partial charge in [0.15, 0.2) is 0 Å². The monoisotopic (exact) mass is 346 g/mol. The van der Waals surface area contributed by atoms with E-state index in [0.717, 1.165) is 15.5 Å². The van der Waals surface area contributed by atoms with E-state index in [1.807, 2.05) is 25.1 Å². The minimum atomic E-state index is -0.141. The van der Waals surface area contributed by atoms with Crippen LogP contribution in [-0.4, -0.2) is 28.5 Å². The zero-order chi connectivity index (χ0) is 16.2. The zero-order valence-corrected chi connectivity index (χ0v) is 14.4. The van der Waals surface area contributed by atoms with Gasteiger partial charge in [0.05, 0.1) is 20.2 Å². The molecular weight excluding hydrogens is 328 g/mol. The van der Waals surface area contributed by atoms with Gasteiger partial charge < -0.3 is 11.1 Å². The van der Waals surface area contributed by atoms with Crippen molar-refractivity contribution in [3.8, 4) is 0 Å². The molecule has 0 saturated heterocycles. The molecule has 2 aromatic heterocycles. The van der Waals surface area contributed by atoms with Gasteiger partial charge in [-0.25, -0.2) is 9.97 Å². The second kappa shape index (κ2) is 7.16. The number of thiazole rings is 2. The first kappa shape index (κ1) is 16.0. The van der Waals surface area contributed by atoms with Gasteiger partial charge in [-0.2, -0.15) is 0 Å². The summed E-state index contributed by atoms with van der Waals surface area (Å²) >= 11 is 3.14. The number of amides is 1. The van der Waals surface area contributed by atoms with Crippen LogP contribution in [0.15, 0.2) is 29.6 Å². The highest BCUT2D eigenvalue weighted by molar-refractivity contribution is 7.18. The number of carbonyl (C=O) groups is 1. The Kier molecular flexibility index (Phi) is 5.00. The Balaban J connectivity index is 1.61. The lowest BCUT2D eigenvalue weighted by atomic mass is 10.2. The summed E-state index contributed by atoms with van der Waals surface area (Å²) in [6, 6.07) is 8.07. The molecule has 23 heavy (non-hydrogen) atoms. The summed E-state index contributed by atoms with van der Waals surface area (Å²) in [6.07, 6.45) is 1.42. The van der Waals surface area contributed by atoms with Crippen molar-refractivity contribution < 1.29 is 4.79 Å². The molecule has 0 aliphatic carbocycles. The molecule has 3 aromatic rings. The Morgan fingerprint density at radius 3 is 2.91 bits per heavy atom. The average molecular weight is 346 g/mol. The molecule has 120 valence electrons. The molecule has 3 rings (SSSR count). The van der Waals surface area contributed by atoms with Crippen molar-refractivity contribution >= 4 is 38.8 Å². The van der Waals surface area contributed by atoms with E-state index in [2.05, 4.69) is 21.4 Å². The van der Waals surface area contributed by atoms with E-state index in [1.165, 1.54) is 16.0 Å². The maximum atomic E-state index is 12.2. The molecule has 0 spiro atoms. The number of nitrogens with zero attached hydrogens (tertiary/aromatic N) is 2. The van der Waals surface area contributed by atoms with Crippen LogP contribution < -0.4 is 11.1 Å².